The molecule has 14 heavy (non-hydrogen) atoms. The van der Waals surface area contributed by atoms with E-state index >= 15 is 0 Å². The summed E-state index contributed by atoms with van der Waals surface area (Å²) in [5, 5.41) is 0. The molecule has 0 fully saturated rings. The van der Waals surface area contributed by atoms with Crippen LogP contribution in [0.15, 0.2) is 7.21 Å². The Morgan fingerprint density at radius 2 is 1.64 bits per heavy atom. The third kappa shape index (κ3) is 5.88. The number of hydrogen-bond acceptors (Lipinski definition) is 2. The zero-order valence-electron chi connectivity index (χ0n) is 7.89. The lowest BCUT2D eigenvalue weighted by atomic mass is 10.2. The summed E-state index contributed by atoms with van der Waals surface area (Å²) in [5.41, 5.74) is 0. The average Bonchev–Trinajstić information content (AvgIpc) is 2.11. The largest absolute Gasteiger partial charge is 0.223 e. The van der Waals surface area contributed by atoms with Crippen molar-refractivity contribution in [3.63, 3.8) is 0 Å². The van der Waals surface area contributed by atoms with E-state index in [0.29, 0.717) is 3.39 Å². The number of hydrogen-bond donors (Lipinski definition) is 0. The van der Waals surface area contributed by atoms with Crippen molar-refractivity contribution in [1.82, 2.24) is 0 Å². The van der Waals surface area contributed by atoms with Gasteiger partial charge < -0.3 is 0 Å². The van der Waals surface area contributed by atoms with Gasteiger partial charge in [-0.1, -0.05) is 26.2 Å². The van der Waals surface area contributed by atoms with Crippen molar-refractivity contribution < 1.29 is 8.42 Å². The van der Waals surface area contributed by atoms with Gasteiger partial charge >= 0.3 is 0 Å². The molecular weight excluding hydrogens is 400 g/mol. The molecule has 0 amide bonds. The van der Waals surface area contributed by atoms with Crippen molar-refractivity contribution in [3.8, 4) is 0 Å². The van der Waals surface area contributed by atoms with E-state index in [0.717, 1.165) is 25.7 Å². The SMILES string of the molecule is CCCCCCS(=O)(=O)C(Br)=C(Br)Br. The molecular formula is C8H13Br3O2S. The fraction of sp³-hybridized carbons (Fsp3) is 0.750. The van der Waals surface area contributed by atoms with Crippen LogP contribution in [0, 0.1) is 0 Å². The summed E-state index contributed by atoms with van der Waals surface area (Å²) < 4.78 is 23.8. The summed E-state index contributed by atoms with van der Waals surface area (Å²) in [6, 6.07) is 0. The molecule has 0 saturated heterocycles. The number of halogens is 3. The van der Waals surface area contributed by atoms with Crippen LogP contribution in [0.2, 0.25) is 0 Å². The molecule has 84 valence electrons. The minimum atomic E-state index is -3.14. The summed E-state index contributed by atoms with van der Waals surface area (Å²) in [6.07, 6.45) is 3.89. The second-order valence-corrected chi connectivity index (χ2v) is 8.93. The molecule has 0 heterocycles. The molecule has 2 nitrogen and oxygen atoms in total. The first-order valence-corrected chi connectivity index (χ1v) is 8.38. The molecule has 0 aliphatic carbocycles. The van der Waals surface area contributed by atoms with Crippen molar-refractivity contribution in [2.45, 2.75) is 32.6 Å². The van der Waals surface area contributed by atoms with Crippen LogP contribution < -0.4 is 0 Å². The van der Waals surface area contributed by atoms with E-state index in [-0.39, 0.29) is 9.57 Å². The maximum absolute atomic E-state index is 11.6. The normalized spacial score (nSPS) is 11.4. The van der Waals surface area contributed by atoms with Crippen LogP contribution in [0.3, 0.4) is 0 Å². The molecule has 0 spiro atoms. The first-order valence-electron chi connectivity index (χ1n) is 4.35. The van der Waals surface area contributed by atoms with Gasteiger partial charge in [0, 0.05) is 0 Å². The van der Waals surface area contributed by atoms with Crippen molar-refractivity contribution in [1.29, 1.82) is 0 Å². The quantitative estimate of drug-likeness (QED) is 0.610. The lowest BCUT2D eigenvalue weighted by molar-refractivity contribution is 0.597. The highest BCUT2D eigenvalue weighted by molar-refractivity contribution is 9.29. The average molecular weight is 413 g/mol. The Morgan fingerprint density at radius 3 is 2.07 bits per heavy atom. The van der Waals surface area contributed by atoms with Crippen LogP contribution in [0.1, 0.15) is 32.6 Å². The Balaban J connectivity index is 4.17. The Labute approximate surface area is 111 Å². The highest BCUT2D eigenvalue weighted by Crippen LogP contribution is 2.29. The molecule has 0 atom stereocenters. The highest BCUT2D eigenvalue weighted by atomic mass is 79.9. The van der Waals surface area contributed by atoms with E-state index in [1.54, 1.807) is 0 Å². The third-order valence-corrected chi connectivity index (χ3v) is 7.52. The first-order chi connectivity index (χ1) is 6.41. The molecule has 0 aliphatic rings. The summed E-state index contributed by atoms with van der Waals surface area (Å²) in [5.74, 6) is 0.203. The second kappa shape index (κ2) is 7.41. The van der Waals surface area contributed by atoms with Gasteiger partial charge in [-0.15, -0.1) is 0 Å². The monoisotopic (exact) mass is 410 g/mol. The van der Waals surface area contributed by atoms with Gasteiger partial charge in [0.1, 0.15) is 3.81 Å². The number of sulfone groups is 1. The Hall–Kier alpha value is 1.13. The van der Waals surface area contributed by atoms with E-state index in [1.807, 2.05) is 0 Å². The van der Waals surface area contributed by atoms with Gasteiger partial charge in [0.05, 0.1) is 9.14 Å². The standard InChI is InChI=1S/C8H13Br3O2S/c1-2-3-4-5-6-14(12,13)8(11)7(9)10/h2-6H2,1H3. The van der Waals surface area contributed by atoms with Crippen molar-refractivity contribution >= 4 is 57.6 Å². The van der Waals surface area contributed by atoms with Gasteiger partial charge in [0.25, 0.3) is 0 Å². The van der Waals surface area contributed by atoms with Gasteiger partial charge in [0.15, 0.2) is 9.84 Å². The van der Waals surface area contributed by atoms with Crippen LogP contribution in [0.5, 0.6) is 0 Å². The molecule has 0 aromatic rings. The predicted molar refractivity (Wildman–Crippen MR) is 71.7 cm³/mol. The van der Waals surface area contributed by atoms with Crippen molar-refractivity contribution in [3.05, 3.63) is 7.21 Å². The second-order valence-electron chi connectivity index (χ2n) is 2.91. The first kappa shape index (κ1) is 15.1. The van der Waals surface area contributed by atoms with E-state index in [9.17, 15) is 8.42 Å². The summed E-state index contributed by atoms with van der Waals surface area (Å²) in [7, 11) is -3.14. The number of unbranched alkanes of at least 4 members (excludes halogenated alkanes) is 3. The summed E-state index contributed by atoms with van der Waals surface area (Å²) in [6.45, 7) is 2.10. The van der Waals surface area contributed by atoms with Crippen LogP contribution >= 0.6 is 47.8 Å². The van der Waals surface area contributed by atoms with Crippen LogP contribution in [0.4, 0.5) is 0 Å². The van der Waals surface area contributed by atoms with Gasteiger partial charge in [0.2, 0.25) is 0 Å². The van der Waals surface area contributed by atoms with Crippen molar-refractivity contribution in [2.75, 3.05) is 5.75 Å². The Morgan fingerprint density at radius 1 is 1.07 bits per heavy atom. The maximum atomic E-state index is 11.6. The van der Waals surface area contributed by atoms with Gasteiger partial charge in [-0.05, 0) is 54.2 Å². The van der Waals surface area contributed by atoms with Crippen LogP contribution in [0.25, 0.3) is 0 Å². The number of rotatable bonds is 6. The van der Waals surface area contributed by atoms with E-state index < -0.39 is 9.84 Å². The van der Waals surface area contributed by atoms with Crippen LogP contribution in [-0.2, 0) is 9.84 Å². The molecule has 0 bridgehead atoms. The fourth-order valence-electron chi connectivity index (χ4n) is 0.926. The lowest BCUT2D eigenvalue weighted by Crippen LogP contribution is -2.05. The van der Waals surface area contributed by atoms with Gasteiger partial charge in [-0.25, -0.2) is 8.42 Å². The van der Waals surface area contributed by atoms with E-state index in [4.69, 9.17) is 0 Å². The minimum Gasteiger partial charge on any atom is -0.223 e. The van der Waals surface area contributed by atoms with E-state index in [1.165, 1.54) is 0 Å². The molecule has 0 N–H and O–H groups in total. The summed E-state index contributed by atoms with van der Waals surface area (Å²) in [4.78, 5) is 0. The molecule has 0 aliphatic heterocycles. The highest BCUT2D eigenvalue weighted by Gasteiger charge is 2.17. The van der Waals surface area contributed by atoms with Gasteiger partial charge in [-0.3, -0.25) is 0 Å². The van der Waals surface area contributed by atoms with Crippen molar-refractivity contribution in [2.24, 2.45) is 0 Å². The Kier molecular flexibility index (Phi) is 8.01. The molecule has 0 unspecified atom stereocenters. The molecule has 0 aromatic heterocycles. The predicted octanol–water partition coefficient (Wildman–Crippen LogP) is 4.29. The fourth-order valence-corrected chi connectivity index (χ4v) is 3.89. The molecule has 0 saturated carbocycles. The molecule has 0 radical (unpaired) electrons. The van der Waals surface area contributed by atoms with E-state index in [2.05, 4.69) is 54.7 Å². The van der Waals surface area contributed by atoms with Gasteiger partial charge in [-0.2, -0.15) is 0 Å². The zero-order valence-corrected chi connectivity index (χ0v) is 13.5. The zero-order chi connectivity index (χ0) is 11.2. The maximum Gasteiger partial charge on any atom is 0.186 e. The summed E-state index contributed by atoms with van der Waals surface area (Å²) >= 11 is 9.17. The lowest BCUT2D eigenvalue weighted by Gasteiger charge is -2.02. The van der Waals surface area contributed by atoms with Crippen LogP contribution in [-0.4, -0.2) is 14.2 Å². The molecule has 0 rings (SSSR count). The minimum absolute atomic E-state index is 0.196. The molecule has 0 aromatic carbocycles. The topological polar surface area (TPSA) is 34.1 Å². The Bertz CT molecular complexity index is 292. The third-order valence-electron chi connectivity index (χ3n) is 1.69. The smallest absolute Gasteiger partial charge is 0.186 e. The molecule has 6 heteroatoms.